The molecule has 0 atom stereocenters. The molecule has 0 aromatic heterocycles. The van der Waals surface area contributed by atoms with Crippen molar-refractivity contribution in [3.8, 4) is 0 Å². The zero-order valence-corrected chi connectivity index (χ0v) is 11.5. The number of carbonyl (C=O) groups excluding carboxylic acids is 1. The first-order valence-electron chi connectivity index (χ1n) is 6.43. The van der Waals surface area contributed by atoms with Gasteiger partial charge in [-0.05, 0) is 48.7 Å². The predicted molar refractivity (Wildman–Crippen MR) is 76.2 cm³/mol. The van der Waals surface area contributed by atoms with Crippen LogP contribution in [-0.2, 0) is 5.54 Å². The molecule has 2 aromatic carbocycles. The van der Waals surface area contributed by atoms with Crippen molar-refractivity contribution >= 4 is 17.5 Å². The second-order valence-corrected chi connectivity index (χ2v) is 5.49. The van der Waals surface area contributed by atoms with E-state index in [1.54, 1.807) is 12.1 Å². The normalized spacial score (nSPS) is 15.7. The summed E-state index contributed by atoms with van der Waals surface area (Å²) in [6, 6.07) is 13.2. The molecule has 1 N–H and O–H groups in total. The third kappa shape index (κ3) is 2.54. The van der Waals surface area contributed by atoms with Crippen LogP contribution in [-0.4, -0.2) is 5.91 Å². The number of rotatable bonds is 3. The Hall–Kier alpha value is -1.87. The Labute approximate surface area is 121 Å². The van der Waals surface area contributed by atoms with Crippen LogP contribution in [0.4, 0.5) is 4.39 Å². The summed E-state index contributed by atoms with van der Waals surface area (Å²) >= 11 is 5.99. The molecule has 0 bridgehead atoms. The molecular formula is C16H13ClFNO. The van der Waals surface area contributed by atoms with Gasteiger partial charge in [0, 0.05) is 10.6 Å². The fourth-order valence-electron chi connectivity index (χ4n) is 2.32. The molecule has 1 aliphatic carbocycles. The van der Waals surface area contributed by atoms with Gasteiger partial charge >= 0.3 is 0 Å². The minimum atomic E-state index is -0.412. The van der Waals surface area contributed by atoms with Crippen molar-refractivity contribution < 1.29 is 9.18 Å². The summed E-state index contributed by atoms with van der Waals surface area (Å²) < 4.78 is 13.2. The van der Waals surface area contributed by atoms with Crippen LogP contribution < -0.4 is 5.32 Å². The maximum Gasteiger partial charge on any atom is 0.252 e. The maximum absolute atomic E-state index is 13.2. The van der Waals surface area contributed by atoms with E-state index in [0.29, 0.717) is 10.6 Å². The topological polar surface area (TPSA) is 29.1 Å². The minimum absolute atomic E-state index is 0.262. The molecule has 1 fully saturated rings. The quantitative estimate of drug-likeness (QED) is 0.912. The second kappa shape index (κ2) is 4.91. The standard InChI is InChI=1S/C16H13ClFNO/c17-13-5-2-4-12(10-13)16(7-8-16)19-15(20)11-3-1-6-14(18)9-11/h1-6,9-10H,7-8H2,(H,19,20). The van der Waals surface area contributed by atoms with Crippen molar-refractivity contribution in [2.45, 2.75) is 18.4 Å². The fraction of sp³-hybridized carbons (Fsp3) is 0.188. The molecular weight excluding hydrogens is 277 g/mol. The number of amides is 1. The van der Waals surface area contributed by atoms with Crippen molar-refractivity contribution in [1.29, 1.82) is 0 Å². The van der Waals surface area contributed by atoms with Gasteiger partial charge in [-0.3, -0.25) is 4.79 Å². The van der Waals surface area contributed by atoms with E-state index >= 15 is 0 Å². The molecule has 102 valence electrons. The molecule has 1 amide bonds. The van der Waals surface area contributed by atoms with E-state index in [1.165, 1.54) is 18.2 Å². The maximum atomic E-state index is 13.2. The van der Waals surface area contributed by atoms with Gasteiger partial charge in [-0.2, -0.15) is 0 Å². The molecule has 0 heterocycles. The molecule has 1 saturated carbocycles. The fourth-order valence-corrected chi connectivity index (χ4v) is 2.51. The lowest BCUT2D eigenvalue weighted by Crippen LogP contribution is -2.34. The van der Waals surface area contributed by atoms with Gasteiger partial charge in [0.1, 0.15) is 5.82 Å². The summed E-state index contributed by atoms with van der Waals surface area (Å²) in [6.45, 7) is 0. The lowest BCUT2D eigenvalue weighted by Gasteiger charge is -2.18. The van der Waals surface area contributed by atoms with Gasteiger partial charge in [-0.15, -0.1) is 0 Å². The number of hydrogen-bond donors (Lipinski definition) is 1. The van der Waals surface area contributed by atoms with Crippen LogP contribution in [0.5, 0.6) is 0 Å². The van der Waals surface area contributed by atoms with E-state index in [4.69, 9.17) is 11.6 Å². The average molecular weight is 290 g/mol. The van der Waals surface area contributed by atoms with Crippen LogP contribution in [0.25, 0.3) is 0 Å². The van der Waals surface area contributed by atoms with Crippen LogP contribution in [0.2, 0.25) is 5.02 Å². The number of benzene rings is 2. The van der Waals surface area contributed by atoms with Gasteiger partial charge in [0.15, 0.2) is 0 Å². The number of nitrogens with one attached hydrogen (secondary N) is 1. The van der Waals surface area contributed by atoms with Gasteiger partial charge in [-0.25, -0.2) is 4.39 Å². The summed E-state index contributed by atoms with van der Waals surface area (Å²) in [6.07, 6.45) is 1.74. The summed E-state index contributed by atoms with van der Waals surface area (Å²) in [5.41, 5.74) is 0.974. The van der Waals surface area contributed by atoms with Crippen LogP contribution in [0.1, 0.15) is 28.8 Å². The van der Waals surface area contributed by atoms with E-state index in [-0.39, 0.29) is 11.4 Å². The molecule has 0 saturated heterocycles. The number of hydrogen-bond acceptors (Lipinski definition) is 1. The highest BCUT2D eigenvalue weighted by atomic mass is 35.5. The van der Waals surface area contributed by atoms with Crippen molar-refractivity contribution in [3.05, 3.63) is 70.5 Å². The molecule has 2 aromatic rings. The summed E-state index contributed by atoms with van der Waals surface area (Å²) in [5, 5.41) is 3.64. The molecule has 0 spiro atoms. The monoisotopic (exact) mass is 289 g/mol. The van der Waals surface area contributed by atoms with Gasteiger partial charge in [0.2, 0.25) is 0 Å². The summed E-state index contributed by atoms with van der Waals surface area (Å²) in [5.74, 6) is -0.674. The first kappa shape index (κ1) is 13.1. The van der Waals surface area contributed by atoms with Gasteiger partial charge in [0.05, 0.1) is 5.54 Å². The zero-order chi connectivity index (χ0) is 14.2. The summed E-state index contributed by atoms with van der Waals surface area (Å²) in [4.78, 5) is 12.2. The smallest absolute Gasteiger partial charge is 0.252 e. The lowest BCUT2D eigenvalue weighted by atomic mass is 10.0. The van der Waals surface area contributed by atoms with Gasteiger partial charge in [0.25, 0.3) is 5.91 Å². The van der Waals surface area contributed by atoms with E-state index in [0.717, 1.165) is 18.4 Å². The second-order valence-electron chi connectivity index (χ2n) is 5.06. The van der Waals surface area contributed by atoms with Crippen LogP contribution in [0.15, 0.2) is 48.5 Å². The zero-order valence-electron chi connectivity index (χ0n) is 10.7. The van der Waals surface area contributed by atoms with E-state index in [1.807, 2.05) is 18.2 Å². The molecule has 4 heteroatoms. The Morgan fingerprint density at radius 1 is 1.15 bits per heavy atom. The van der Waals surface area contributed by atoms with E-state index in [9.17, 15) is 9.18 Å². The molecule has 0 radical (unpaired) electrons. The number of halogens is 2. The van der Waals surface area contributed by atoms with Crippen molar-refractivity contribution in [3.63, 3.8) is 0 Å². The Balaban J connectivity index is 1.82. The molecule has 3 rings (SSSR count). The summed E-state index contributed by atoms with van der Waals surface area (Å²) in [7, 11) is 0. The van der Waals surface area contributed by atoms with Crippen molar-refractivity contribution in [1.82, 2.24) is 5.32 Å². The van der Waals surface area contributed by atoms with E-state index < -0.39 is 5.82 Å². The van der Waals surface area contributed by atoms with Crippen LogP contribution >= 0.6 is 11.6 Å². The Bertz CT molecular complexity index is 667. The van der Waals surface area contributed by atoms with Crippen LogP contribution in [0.3, 0.4) is 0 Å². The molecule has 20 heavy (non-hydrogen) atoms. The average Bonchev–Trinajstić information content (AvgIpc) is 3.20. The lowest BCUT2D eigenvalue weighted by molar-refractivity contribution is 0.0930. The predicted octanol–water partition coefficient (Wildman–Crippen LogP) is 3.90. The molecule has 0 unspecified atom stereocenters. The first-order valence-corrected chi connectivity index (χ1v) is 6.81. The Morgan fingerprint density at radius 2 is 1.90 bits per heavy atom. The van der Waals surface area contributed by atoms with Crippen LogP contribution in [0, 0.1) is 5.82 Å². The van der Waals surface area contributed by atoms with Gasteiger partial charge in [-0.1, -0.05) is 29.8 Å². The minimum Gasteiger partial charge on any atom is -0.343 e. The first-order chi connectivity index (χ1) is 9.59. The third-order valence-electron chi connectivity index (χ3n) is 3.57. The van der Waals surface area contributed by atoms with E-state index in [2.05, 4.69) is 5.32 Å². The molecule has 2 nitrogen and oxygen atoms in total. The Kier molecular flexibility index (Phi) is 3.22. The SMILES string of the molecule is O=C(NC1(c2cccc(Cl)c2)CC1)c1cccc(F)c1. The Morgan fingerprint density at radius 3 is 2.55 bits per heavy atom. The highest BCUT2D eigenvalue weighted by Gasteiger charge is 2.45. The van der Waals surface area contributed by atoms with Gasteiger partial charge < -0.3 is 5.32 Å². The third-order valence-corrected chi connectivity index (χ3v) is 3.80. The van der Waals surface area contributed by atoms with Crippen molar-refractivity contribution in [2.24, 2.45) is 0 Å². The molecule has 0 aliphatic heterocycles. The largest absolute Gasteiger partial charge is 0.343 e. The highest BCUT2D eigenvalue weighted by molar-refractivity contribution is 6.30. The van der Waals surface area contributed by atoms with Crippen molar-refractivity contribution in [2.75, 3.05) is 0 Å². The highest BCUT2D eigenvalue weighted by Crippen LogP contribution is 2.46. The molecule has 1 aliphatic rings. The number of carbonyl (C=O) groups is 1.